The van der Waals surface area contributed by atoms with Crippen molar-refractivity contribution in [2.24, 2.45) is 11.8 Å². The van der Waals surface area contributed by atoms with Crippen LogP contribution in [-0.2, 0) is 18.4 Å². The van der Waals surface area contributed by atoms with Gasteiger partial charge in [-0.15, -0.1) is 0 Å². The number of pyridine rings is 6. The first-order chi connectivity index (χ1) is 37.9. The second-order valence-electron chi connectivity index (χ2n) is 21.3. The van der Waals surface area contributed by atoms with Gasteiger partial charge in [0.1, 0.15) is 5.69 Å². The molecule has 6 aromatic heterocycles. The van der Waals surface area contributed by atoms with E-state index in [4.69, 9.17) is 0 Å². The molecule has 0 amide bonds. The van der Waals surface area contributed by atoms with Crippen molar-refractivity contribution in [2.45, 2.75) is 112 Å². The Morgan fingerprint density at radius 2 is 0.924 bits per heavy atom. The summed E-state index contributed by atoms with van der Waals surface area (Å²) in [5.74, 6) is 1.59. The summed E-state index contributed by atoms with van der Waals surface area (Å²) in [4.78, 5) is 24.9. The van der Waals surface area contributed by atoms with Gasteiger partial charge in [-0.2, -0.15) is 4.57 Å². The van der Waals surface area contributed by atoms with Crippen molar-refractivity contribution < 1.29 is 21.5 Å². The fraction of sp³-hybridized carbons (Fsp3) is 0.304. The van der Waals surface area contributed by atoms with E-state index in [0.29, 0.717) is 12.1 Å². The molecule has 0 bridgehead atoms. The van der Waals surface area contributed by atoms with Gasteiger partial charge < -0.3 is 22.3 Å². The van der Waals surface area contributed by atoms with Crippen LogP contribution in [0.5, 0.6) is 0 Å². The zero-order valence-electron chi connectivity index (χ0n) is 47.6. The monoisotopic (exact) mass is 1180 g/mol. The molecule has 9 aromatic rings. The van der Waals surface area contributed by atoms with Crippen molar-refractivity contribution in [3.8, 4) is 22.8 Å². The maximum Gasteiger partial charge on any atom is 0.231 e. The van der Waals surface area contributed by atoms with Crippen molar-refractivity contribution in [1.29, 1.82) is 0 Å². The lowest BCUT2D eigenvalue weighted by atomic mass is 9.91. The number of benzene rings is 3. The highest BCUT2D eigenvalue weighted by atomic mass is 79.9. The van der Waals surface area contributed by atoms with Gasteiger partial charge in [0.2, 0.25) is 5.69 Å². The van der Waals surface area contributed by atoms with Gasteiger partial charge in [0.05, 0.1) is 28.8 Å². The highest BCUT2D eigenvalue weighted by Gasteiger charge is 2.28. The number of alkyl halides is 1. The summed E-state index contributed by atoms with van der Waals surface area (Å²) in [5, 5.41) is 4.49. The third kappa shape index (κ3) is 20.6. The zero-order chi connectivity index (χ0) is 55.1. The number of piperidine rings is 2. The average molecular weight is 1180 g/mol. The smallest absolute Gasteiger partial charge is 0.231 e. The molecule has 4 atom stereocenters. The van der Waals surface area contributed by atoms with E-state index in [-0.39, 0.29) is 17.0 Å². The van der Waals surface area contributed by atoms with Crippen molar-refractivity contribution in [3.63, 3.8) is 0 Å². The van der Waals surface area contributed by atoms with Crippen LogP contribution in [0, 0.1) is 53.4 Å². The van der Waals surface area contributed by atoms with Gasteiger partial charge in [0.15, 0.2) is 12.7 Å². The van der Waals surface area contributed by atoms with Crippen LogP contribution in [0.15, 0.2) is 201 Å². The predicted molar refractivity (Wildman–Crippen MR) is 326 cm³/mol. The Kier molecular flexibility index (Phi) is 25.4. The minimum atomic E-state index is 0. The van der Waals surface area contributed by atoms with Crippen LogP contribution in [0.4, 0.5) is 0 Å². The van der Waals surface area contributed by atoms with Crippen molar-refractivity contribution in [2.75, 3.05) is 13.1 Å². The molecule has 0 spiro atoms. The number of likely N-dealkylation sites (tertiary alicyclic amines) is 1. The van der Waals surface area contributed by atoms with Gasteiger partial charge in [-0.05, 0) is 161 Å². The molecule has 0 radical (unpaired) electrons. The molecular formula is C69H80Br2N8. The Bertz CT molecular complexity index is 3060. The molecular weight excluding hydrogens is 1100 g/mol. The number of aryl methyl sites for hydroxylation is 6. The molecule has 11 rings (SSSR count). The number of rotatable bonds is 9. The second kappa shape index (κ2) is 32.5. The molecule has 2 aliphatic rings. The van der Waals surface area contributed by atoms with Crippen molar-refractivity contribution in [3.05, 3.63) is 262 Å². The summed E-state index contributed by atoms with van der Waals surface area (Å²) in [6.07, 6.45) is 16.8. The van der Waals surface area contributed by atoms with Gasteiger partial charge in [-0.1, -0.05) is 151 Å². The topological polar surface area (TPSA) is 83.6 Å². The normalized spacial score (nSPS) is 16.6. The molecule has 79 heavy (non-hydrogen) atoms. The largest absolute Gasteiger partial charge is 1.00 e. The van der Waals surface area contributed by atoms with Crippen LogP contribution >= 0.6 is 15.9 Å². The average Bonchev–Trinajstić information content (AvgIpc) is 3.47. The molecule has 0 aliphatic carbocycles. The van der Waals surface area contributed by atoms with Crippen LogP contribution in [0.25, 0.3) is 22.8 Å². The van der Waals surface area contributed by atoms with Crippen LogP contribution in [0.2, 0.25) is 0 Å². The van der Waals surface area contributed by atoms with Gasteiger partial charge in [0.25, 0.3) is 0 Å². The molecule has 2 fully saturated rings. The SMILES string of the molecule is BrCc1ccccc1.Cc1ccc(-c2ccc(C)c[n+]2Cc2ccccc2)nc1.Cc1ccc(-c2ccc(C)cn2)nc1.Cc1ccc(C2CCC(C)CN2)nc1.Cc1ccc(C2CCC(C)CN2Cc2ccccc2)nc1.[Br-]. The standard InChI is InChI=1S/C19H24N2.C19H19N2.C12H18N2.C12H12N2.C7H7Br.BrH/c2*1-15-8-10-18(20-12-15)19-11-9-16(2)13-21(19)14-17-6-4-3-5-7-17;2*1-9-3-5-11(13-7-9)12-6-4-10(2)8-14-12;8-6-7-4-2-1-3-5-7;/h3-8,10,12,16,19H,9,11,13-14H2,1-2H3;3-13H,14H2,1-2H3;3,5,7,10,12,14H,4,6,8H2,1-2H3;3-8H,1-2H3;1-5H,6H2;1H/q;+1;;;;/p-1. The van der Waals surface area contributed by atoms with E-state index < -0.39 is 0 Å². The van der Waals surface area contributed by atoms with Crippen LogP contribution in [0.3, 0.4) is 0 Å². The lowest BCUT2D eigenvalue weighted by Gasteiger charge is -2.38. The van der Waals surface area contributed by atoms with Gasteiger partial charge in [0, 0.05) is 72.6 Å². The summed E-state index contributed by atoms with van der Waals surface area (Å²) >= 11 is 3.36. The van der Waals surface area contributed by atoms with Crippen molar-refractivity contribution in [1.82, 2.24) is 35.1 Å². The summed E-state index contributed by atoms with van der Waals surface area (Å²) in [6, 6.07) is 57.7. The Hall–Kier alpha value is -6.56. The van der Waals surface area contributed by atoms with E-state index in [2.05, 4.69) is 219 Å². The number of nitrogens with one attached hydrogen (secondary N) is 1. The molecule has 3 aromatic carbocycles. The van der Waals surface area contributed by atoms with E-state index in [1.54, 1.807) is 0 Å². The highest BCUT2D eigenvalue weighted by molar-refractivity contribution is 9.08. The summed E-state index contributed by atoms with van der Waals surface area (Å²) in [5.41, 5.74) is 17.7. The lowest BCUT2D eigenvalue weighted by Crippen LogP contribution is -3.00. The number of hydrogen-bond donors (Lipinski definition) is 1. The summed E-state index contributed by atoms with van der Waals surface area (Å²) in [7, 11) is 0. The minimum Gasteiger partial charge on any atom is -1.00 e. The molecule has 2 saturated heterocycles. The van der Waals surface area contributed by atoms with Crippen molar-refractivity contribution >= 4 is 15.9 Å². The molecule has 1 N–H and O–H groups in total. The van der Waals surface area contributed by atoms with Gasteiger partial charge >= 0.3 is 0 Å². The van der Waals surface area contributed by atoms with E-state index in [1.165, 1.54) is 87.1 Å². The van der Waals surface area contributed by atoms with Crippen LogP contribution < -0.4 is 26.9 Å². The number of aromatic nitrogens is 6. The molecule has 4 unspecified atom stereocenters. The van der Waals surface area contributed by atoms with E-state index in [0.717, 1.165) is 66.1 Å². The molecule has 8 nitrogen and oxygen atoms in total. The number of hydrogen-bond acceptors (Lipinski definition) is 7. The Morgan fingerprint density at radius 1 is 0.468 bits per heavy atom. The predicted octanol–water partition coefficient (Wildman–Crippen LogP) is 12.9. The lowest BCUT2D eigenvalue weighted by molar-refractivity contribution is -0.678. The molecule has 410 valence electrons. The molecule has 10 heteroatoms. The quantitative estimate of drug-likeness (QED) is 0.114. The Labute approximate surface area is 491 Å². The number of halogens is 2. The fourth-order valence-corrected chi connectivity index (χ4v) is 9.79. The van der Waals surface area contributed by atoms with Crippen LogP contribution in [-0.4, -0.2) is 42.9 Å². The minimum absolute atomic E-state index is 0. The maximum atomic E-state index is 4.68. The third-order valence-electron chi connectivity index (χ3n) is 14.0. The number of nitrogens with zero attached hydrogens (tertiary/aromatic N) is 7. The van der Waals surface area contributed by atoms with Gasteiger partial charge in [-0.25, -0.2) is 4.98 Å². The Balaban J connectivity index is 0.000000164. The van der Waals surface area contributed by atoms with E-state index in [1.807, 2.05) is 93.4 Å². The first-order valence-corrected chi connectivity index (χ1v) is 28.8. The fourth-order valence-electron chi connectivity index (χ4n) is 9.42. The summed E-state index contributed by atoms with van der Waals surface area (Å²) in [6.45, 7) is 21.2. The second-order valence-corrected chi connectivity index (χ2v) is 21.8. The van der Waals surface area contributed by atoms with Crippen LogP contribution in [0.1, 0.15) is 113 Å². The summed E-state index contributed by atoms with van der Waals surface area (Å²) < 4.78 is 2.27. The zero-order valence-corrected chi connectivity index (χ0v) is 50.8. The third-order valence-corrected chi connectivity index (χ3v) is 14.6. The first kappa shape index (κ1) is 61.6. The molecule has 2 aliphatic heterocycles. The molecule has 8 heterocycles. The van der Waals surface area contributed by atoms with Gasteiger partial charge in [-0.3, -0.25) is 24.8 Å². The van der Waals surface area contributed by atoms with E-state index >= 15 is 0 Å². The highest BCUT2D eigenvalue weighted by Crippen LogP contribution is 2.33. The maximum absolute atomic E-state index is 4.68. The first-order valence-electron chi connectivity index (χ1n) is 27.7. The Morgan fingerprint density at radius 3 is 1.38 bits per heavy atom. The molecule has 0 saturated carbocycles. The van der Waals surface area contributed by atoms with E-state index in [9.17, 15) is 0 Å².